The molecule has 0 aliphatic heterocycles. The largest absolute Gasteiger partial charge is 0.465 e. The van der Waals surface area contributed by atoms with Crippen LogP contribution >= 0.6 is 0 Å². The van der Waals surface area contributed by atoms with Crippen molar-refractivity contribution < 1.29 is 14.3 Å². The molecule has 1 fully saturated rings. The summed E-state index contributed by atoms with van der Waals surface area (Å²) in [7, 11) is 3.01. The molecule has 0 aromatic carbocycles. The molecule has 0 spiro atoms. The van der Waals surface area contributed by atoms with Crippen LogP contribution in [-0.2, 0) is 15.1 Å². The van der Waals surface area contributed by atoms with Crippen molar-refractivity contribution in [1.29, 1.82) is 0 Å². The van der Waals surface area contributed by atoms with Crippen LogP contribution in [0.15, 0.2) is 0 Å². The summed E-state index contributed by atoms with van der Waals surface area (Å²) in [5, 5.41) is 0. The second-order valence-electron chi connectivity index (χ2n) is 5.50. The molecule has 0 saturated heterocycles. The lowest BCUT2D eigenvalue weighted by Crippen LogP contribution is -2.31. The van der Waals surface area contributed by atoms with Gasteiger partial charge in [0, 0.05) is 7.11 Å². The lowest BCUT2D eigenvalue weighted by Gasteiger charge is -2.30. The van der Waals surface area contributed by atoms with Crippen molar-refractivity contribution in [1.82, 2.24) is 9.97 Å². The van der Waals surface area contributed by atoms with Gasteiger partial charge < -0.3 is 15.2 Å². The van der Waals surface area contributed by atoms with Crippen LogP contribution in [-0.4, -0.2) is 30.2 Å². The second kappa shape index (κ2) is 6.39. The first-order valence-electron chi connectivity index (χ1n) is 7.32. The highest BCUT2D eigenvalue weighted by Gasteiger charge is 2.37. The van der Waals surface area contributed by atoms with Gasteiger partial charge in [-0.1, -0.05) is 25.7 Å². The lowest BCUT2D eigenvalue weighted by atomic mass is 9.92. The van der Waals surface area contributed by atoms with Crippen LogP contribution in [0.1, 0.15) is 60.4 Å². The number of carbonyl (C=O) groups excluding carboxylic acids is 1. The molecule has 1 saturated carbocycles. The molecule has 0 bridgehead atoms. The molecule has 0 atom stereocenters. The number of esters is 1. The van der Waals surface area contributed by atoms with Crippen molar-refractivity contribution >= 4 is 11.8 Å². The Bertz CT molecular complexity index is 500. The zero-order valence-electron chi connectivity index (χ0n) is 12.9. The smallest absolute Gasteiger partial charge is 0.343 e. The summed E-state index contributed by atoms with van der Waals surface area (Å²) in [6, 6.07) is 0. The molecule has 1 aromatic heterocycles. The quantitative estimate of drug-likeness (QED) is 0.680. The minimum absolute atomic E-state index is 0.157. The van der Waals surface area contributed by atoms with E-state index in [1.807, 2.05) is 0 Å². The third-order valence-electron chi connectivity index (χ3n) is 4.22. The number of hydrogen-bond donors (Lipinski definition) is 1. The first-order chi connectivity index (χ1) is 10.0. The fourth-order valence-electron chi connectivity index (χ4n) is 2.97. The SMILES string of the molecule is COC(=O)c1c(C)nc(C2(OC)CCCCCC2)nc1N. The van der Waals surface area contributed by atoms with Crippen LogP contribution in [0.25, 0.3) is 0 Å². The van der Waals surface area contributed by atoms with Gasteiger partial charge in [0.2, 0.25) is 0 Å². The van der Waals surface area contributed by atoms with Gasteiger partial charge in [0.15, 0.2) is 5.82 Å². The predicted molar refractivity (Wildman–Crippen MR) is 78.9 cm³/mol. The van der Waals surface area contributed by atoms with E-state index in [2.05, 4.69) is 9.97 Å². The summed E-state index contributed by atoms with van der Waals surface area (Å²) in [6.45, 7) is 1.74. The topological polar surface area (TPSA) is 87.3 Å². The van der Waals surface area contributed by atoms with Crippen LogP contribution in [0.2, 0.25) is 0 Å². The van der Waals surface area contributed by atoms with E-state index in [9.17, 15) is 4.79 Å². The number of aryl methyl sites for hydroxylation is 1. The number of rotatable bonds is 3. The summed E-state index contributed by atoms with van der Waals surface area (Å²) in [5.74, 6) is 0.225. The van der Waals surface area contributed by atoms with Gasteiger partial charge in [-0.05, 0) is 19.8 Å². The van der Waals surface area contributed by atoms with Crippen LogP contribution in [0.5, 0.6) is 0 Å². The van der Waals surface area contributed by atoms with Gasteiger partial charge in [0.25, 0.3) is 0 Å². The maximum atomic E-state index is 11.7. The Labute approximate surface area is 125 Å². The van der Waals surface area contributed by atoms with Crippen LogP contribution < -0.4 is 5.73 Å². The molecule has 1 aromatic rings. The monoisotopic (exact) mass is 293 g/mol. The van der Waals surface area contributed by atoms with Crippen molar-refractivity contribution in [3.63, 3.8) is 0 Å². The Kier molecular flexibility index (Phi) is 4.77. The highest BCUT2D eigenvalue weighted by atomic mass is 16.5. The maximum absolute atomic E-state index is 11.7. The lowest BCUT2D eigenvalue weighted by molar-refractivity contribution is -0.0352. The summed E-state index contributed by atoms with van der Waals surface area (Å²) >= 11 is 0. The summed E-state index contributed by atoms with van der Waals surface area (Å²) in [4.78, 5) is 20.6. The molecule has 2 N–H and O–H groups in total. The van der Waals surface area contributed by atoms with Crippen molar-refractivity contribution in [2.45, 2.75) is 51.0 Å². The Balaban J connectivity index is 2.46. The van der Waals surface area contributed by atoms with Gasteiger partial charge in [0.1, 0.15) is 17.0 Å². The summed E-state index contributed by atoms with van der Waals surface area (Å²) < 4.78 is 10.5. The van der Waals surface area contributed by atoms with Crippen LogP contribution in [0.4, 0.5) is 5.82 Å². The third-order valence-corrected chi connectivity index (χ3v) is 4.22. The minimum Gasteiger partial charge on any atom is -0.465 e. The summed E-state index contributed by atoms with van der Waals surface area (Å²) in [5.41, 5.74) is 6.22. The van der Waals surface area contributed by atoms with Gasteiger partial charge in [0.05, 0.1) is 12.8 Å². The Morgan fingerprint density at radius 3 is 2.24 bits per heavy atom. The molecular weight excluding hydrogens is 270 g/mol. The molecule has 0 radical (unpaired) electrons. The molecule has 6 nitrogen and oxygen atoms in total. The Hall–Kier alpha value is -1.69. The van der Waals surface area contributed by atoms with Crippen molar-refractivity contribution in [2.24, 2.45) is 0 Å². The van der Waals surface area contributed by atoms with Crippen LogP contribution in [0.3, 0.4) is 0 Å². The molecular formula is C15H23N3O3. The van der Waals surface area contributed by atoms with E-state index in [0.717, 1.165) is 25.7 Å². The zero-order valence-corrected chi connectivity index (χ0v) is 12.9. The number of hydrogen-bond acceptors (Lipinski definition) is 6. The fourth-order valence-corrected chi connectivity index (χ4v) is 2.97. The van der Waals surface area contributed by atoms with Crippen LogP contribution in [0, 0.1) is 6.92 Å². The van der Waals surface area contributed by atoms with Gasteiger partial charge in [-0.2, -0.15) is 0 Å². The van der Waals surface area contributed by atoms with E-state index in [1.54, 1.807) is 14.0 Å². The molecule has 1 aliphatic carbocycles. The fraction of sp³-hybridized carbons (Fsp3) is 0.667. The van der Waals surface area contributed by atoms with E-state index in [-0.39, 0.29) is 11.4 Å². The maximum Gasteiger partial charge on any atom is 0.343 e. The average Bonchev–Trinajstić information content (AvgIpc) is 2.72. The molecule has 1 aliphatic rings. The Morgan fingerprint density at radius 1 is 1.14 bits per heavy atom. The Morgan fingerprint density at radius 2 is 1.76 bits per heavy atom. The number of carbonyl (C=O) groups is 1. The summed E-state index contributed by atoms with van der Waals surface area (Å²) in [6.07, 6.45) is 6.29. The van der Waals surface area contributed by atoms with Crippen molar-refractivity contribution in [2.75, 3.05) is 20.0 Å². The molecule has 116 valence electrons. The van der Waals surface area contributed by atoms with Gasteiger partial charge >= 0.3 is 5.97 Å². The number of anilines is 1. The molecule has 6 heteroatoms. The van der Waals surface area contributed by atoms with Gasteiger partial charge in [-0.3, -0.25) is 0 Å². The van der Waals surface area contributed by atoms with E-state index in [1.165, 1.54) is 20.0 Å². The zero-order chi connectivity index (χ0) is 15.5. The van der Waals surface area contributed by atoms with E-state index in [0.29, 0.717) is 11.5 Å². The number of nitrogen functional groups attached to an aromatic ring is 1. The number of aromatic nitrogens is 2. The van der Waals surface area contributed by atoms with E-state index >= 15 is 0 Å². The first-order valence-corrected chi connectivity index (χ1v) is 7.32. The number of nitrogens with two attached hydrogens (primary N) is 1. The van der Waals surface area contributed by atoms with Gasteiger partial charge in [-0.25, -0.2) is 14.8 Å². The number of ether oxygens (including phenoxy) is 2. The minimum atomic E-state index is -0.510. The molecule has 0 unspecified atom stereocenters. The molecule has 21 heavy (non-hydrogen) atoms. The second-order valence-corrected chi connectivity index (χ2v) is 5.50. The molecule has 2 rings (SSSR count). The highest BCUT2D eigenvalue weighted by Crippen LogP contribution is 2.38. The molecule has 0 amide bonds. The average molecular weight is 293 g/mol. The molecule has 1 heterocycles. The van der Waals surface area contributed by atoms with E-state index < -0.39 is 11.6 Å². The van der Waals surface area contributed by atoms with Crippen molar-refractivity contribution in [3.8, 4) is 0 Å². The predicted octanol–water partition coefficient (Wildman–Crippen LogP) is 2.35. The van der Waals surface area contributed by atoms with Gasteiger partial charge in [-0.15, -0.1) is 0 Å². The number of nitrogens with zero attached hydrogens (tertiary/aromatic N) is 2. The normalized spacial score (nSPS) is 18.0. The highest BCUT2D eigenvalue weighted by molar-refractivity contribution is 5.95. The van der Waals surface area contributed by atoms with E-state index in [4.69, 9.17) is 15.2 Å². The third kappa shape index (κ3) is 3.00. The number of methoxy groups -OCH3 is 2. The standard InChI is InChI=1S/C15H23N3O3/c1-10-11(13(19)20-2)12(16)18-14(17-10)15(21-3)8-6-4-5-7-9-15/h4-9H2,1-3H3,(H2,16,17,18). The van der Waals surface area contributed by atoms with Crippen molar-refractivity contribution in [3.05, 3.63) is 17.1 Å². The first kappa shape index (κ1) is 15.7.